The van der Waals surface area contributed by atoms with Crippen LogP contribution in [-0.2, 0) is 12.8 Å². The largest absolute Gasteiger partial charge is 0.489 e. The summed E-state index contributed by atoms with van der Waals surface area (Å²) in [7, 11) is 0. The van der Waals surface area contributed by atoms with Gasteiger partial charge in [0.25, 0.3) is 5.56 Å². The molecule has 0 fully saturated rings. The third kappa shape index (κ3) is 4.76. The lowest BCUT2D eigenvalue weighted by atomic mass is 10.2. The van der Waals surface area contributed by atoms with E-state index in [1.54, 1.807) is 24.3 Å². The molecule has 1 aromatic heterocycles. The lowest BCUT2D eigenvalue weighted by molar-refractivity contribution is -0.141. The van der Waals surface area contributed by atoms with E-state index in [1.807, 2.05) is 30.3 Å². The molecule has 28 heavy (non-hydrogen) atoms. The molecule has 0 saturated heterocycles. The summed E-state index contributed by atoms with van der Waals surface area (Å²) in [5.74, 6) is -0.0206. The molecule has 0 spiro atoms. The molecule has 9 heteroatoms. The summed E-state index contributed by atoms with van der Waals surface area (Å²) in [4.78, 5) is 15.0. The molecule has 144 valence electrons. The summed E-state index contributed by atoms with van der Waals surface area (Å²) in [6, 6.07) is 16.8. The summed E-state index contributed by atoms with van der Waals surface area (Å²) in [5.41, 5.74) is 4.65. The monoisotopic (exact) mass is 388 g/mol. The first kappa shape index (κ1) is 19.2. The van der Waals surface area contributed by atoms with Gasteiger partial charge in [0.15, 0.2) is 5.69 Å². The van der Waals surface area contributed by atoms with Crippen molar-refractivity contribution in [1.29, 1.82) is 0 Å². The van der Waals surface area contributed by atoms with E-state index >= 15 is 0 Å². The fourth-order valence-corrected chi connectivity index (χ4v) is 2.27. The second kappa shape index (κ2) is 7.95. The number of ether oxygens (including phenoxy) is 1. The Morgan fingerprint density at radius 1 is 1.11 bits per heavy atom. The van der Waals surface area contributed by atoms with Crippen LogP contribution in [0.25, 0.3) is 0 Å². The van der Waals surface area contributed by atoms with Crippen molar-refractivity contribution in [3.05, 3.63) is 87.8 Å². The number of benzene rings is 2. The van der Waals surface area contributed by atoms with E-state index in [1.165, 1.54) is 6.21 Å². The Morgan fingerprint density at radius 3 is 2.39 bits per heavy atom. The highest BCUT2D eigenvalue weighted by Gasteiger charge is 2.33. The van der Waals surface area contributed by atoms with Crippen molar-refractivity contribution < 1.29 is 17.9 Å². The molecule has 0 atom stereocenters. The number of hydrogen-bond donors (Lipinski definition) is 1. The standard InChI is InChI=1S/C19H15F3N4O2/c20-19(21,22)16-10-17(27)26(18(23)25-16)24-11-13-6-8-15(9-7-13)28-12-14-4-2-1-3-5-14/h1-11H,12H2,(H2,23,25)/b24-11+. The van der Waals surface area contributed by atoms with Crippen molar-refractivity contribution in [3.63, 3.8) is 0 Å². The first-order valence-corrected chi connectivity index (χ1v) is 8.11. The van der Waals surface area contributed by atoms with Gasteiger partial charge in [0.2, 0.25) is 5.95 Å². The predicted molar refractivity (Wildman–Crippen MR) is 98.1 cm³/mol. The number of nitrogen functional groups attached to an aromatic ring is 1. The van der Waals surface area contributed by atoms with Gasteiger partial charge in [-0.05, 0) is 35.4 Å². The third-order valence-electron chi connectivity index (χ3n) is 3.66. The van der Waals surface area contributed by atoms with Crippen LogP contribution >= 0.6 is 0 Å². The van der Waals surface area contributed by atoms with Gasteiger partial charge in [0, 0.05) is 6.07 Å². The maximum absolute atomic E-state index is 12.6. The van der Waals surface area contributed by atoms with Gasteiger partial charge < -0.3 is 10.5 Å². The second-order valence-corrected chi connectivity index (χ2v) is 5.74. The van der Waals surface area contributed by atoms with E-state index in [0.717, 1.165) is 5.56 Å². The molecule has 0 unspecified atom stereocenters. The lowest BCUT2D eigenvalue weighted by Crippen LogP contribution is -2.24. The number of halogens is 3. The minimum absolute atomic E-state index is 0.341. The second-order valence-electron chi connectivity index (χ2n) is 5.74. The van der Waals surface area contributed by atoms with Crippen molar-refractivity contribution in [2.75, 3.05) is 5.73 Å². The van der Waals surface area contributed by atoms with Gasteiger partial charge in [-0.2, -0.15) is 22.9 Å². The Kier molecular flexibility index (Phi) is 5.44. The molecular weight excluding hydrogens is 373 g/mol. The molecule has 2 aromatic carbocycles. The predicted octanol–water partition coefficient (Wildman–Crippen LogP) is 3.31. The zero-order valence-electron chi connectivity index (χ0n) is 14.4. The highest BCUT2D eigenvalue weighted by Crippen LogP contribution is 2.26. The highest BCUT2D eigenvalue weighted by molar-refractivity contribution is 5.79. The number of nitrogens with two attached hydrogens (primary N) is 1. The fourth-order valence-electron chi connectivity index (χ4n) is 2.27. The average molecular weight is 388 g/mol. The fraction of sp³-hybridized carbons (Fsp3) is 0.105. The minimum Gasteiger partial charge on any atom is -0.489 e. The van der Waals surface area contributed by atoms with Crippen LogP contribution in [0.5, 0.6) is 5.75 Å². The van der Waals surface area contributed by atoms with Crippen molar-refractivity contribution in [1.82, 2.24) is 9.66 Å². The maximum atomic E-state index is 12.6. The molecule has 1 heterocycles. The molecule has 2 N–H and O–H groups in total. The SMILES string of the molecule is Nc1nc(C(F)(F)F)cc(=O)n1/N=C/c1ccc(OCc2ccccc2)cc1. The summed E-state index contributed by atoms with van der Waals surface area (Å²) >= 11 is 0. The number of hydrogen-bond acceptors (Lipinski definition) is 5. The van der Waals surface area contributed by atoms with E-state index in [9.17, 15) is 18.0 Å². The van der Waals surface area contributed by atoms with Gasteiger partial charge in [-0.3, -0.25) is 4.79 Å². The highest BCUT2D eigenvalue weighted by atomic mass is 19.4. The molecule has 0 aliphatic rings. The Hall–Kier alpha value is -3.62. The summed E-state index contributed by atoms with van der Waals surface area (Å²) in [6.45, 7) is 0.414. The quantitative estimate of drug-likeness (QED) is 0.680. The molecule has 6 nitrogen and oxygen atoms in total. The average Bonchev–Trinajstić information content (AvgIpc) is 2.66. The van der Waals surface area contributed by atoms with Crippen molar-refractivity contribution in [3.8, 4) is 5.75 Å². The van der Waals surface area contributed by atoms with Crippen LogP contribution in [-0.4, -0.2) is 15.9 Å². The molecule has 0 aliphatic heterocycles. The summed E-state index contributed by atoms with van der Waals surface area (Å²) < 4.78 is 44.1. The number of aromatic nitrogens is 2. The van der Waals surface area contributed by atoms with E-state index in [2.05, 4.69) is 10.1 Å². The topological polar surface area (TPSA) is 82.5 Å². The van der Waals surface area contributed by atoms with Gasteiger partial charge in [-0.1, -0.05) is 30.3 Å². The van der Waals surface area contributed by atoms with Gasteiger partial charge in [-0.25, -0.2) is 4.98 Å². The van der Waals surface area contributed by atoms with Crippen LogP contribution in [0.4, 0.5) is 19.1 Å². The first-order valence-electron chi connectivity index (χ1n) is 8.11. The maximum Gasteiger partial charge on any atom is 0.433 e. The molecule has 0 saturated carbocycles. The van der Waals surface area contributed by atoms with E-state index < -0.39 is 23.4 Å². The van der Waals surface area contributed by atoms with Crippen LogP contribution in [0.15, 0.2) is 70.6 Å². The van der Waals surface area contributed by atoms with Crippen LogP contribution in [0.3, 0.4) is 0 Å². The summed E-state index contributed by atoms with van der Waals surface area (Å²) in [6.07, 6.45) is -3.47. The van der Waals surface area contributed by atoms with E-state index in [4.69, 9.17) is 10.5 Å². The van der Waals surface area contributed by atoms with E-state index in [0.29, 0.717) is 28.7 Å². The zero-order chi connectivity index (χ0) is 20.1. The Labute approximate surface area is 157 Å². The summed E-state index contributed by atoms with van der Waals surface area (Å²) in [5, 5.41) is 3.81. The minimum atomic E-state index is -4.76. The lowest BCUT2D eigenvalue weighted by Gasteiger charge is -2.08. The molecule has 0 bridgehead atoms. The van der Waals surface area contributed by atoms with Crippen molar-refractivity contribution in [2.24, 2.45) is 5.10 Å². The van der Waals surface area contributed by atoms with Crippen LogP contribution in [0.1, 0.15) is 16.8 Å². The number of rotatable bonds is 5. The van der Waals surface area contributed by atoms with Crippen LogP contribution in [0, 0.1) is 0 Å². The van der Waals surface area contributed by atoms with Crippen LogP contribution < -0.4 is 16.0 Å². The Balaban J connectivity index is 1.70. The number of nitrogens with zero attached hydrogens (tertiary/aromatic N) is 3. The molecular formula is C19H15F3N4O2. The number of alkyl halides is 3. The Morgan fingerprint density at radius 2 is 1.79 bits per heavy atom. The van der Waals surface area contributed by atoms with Gasteiger partial charge >= 0.3 is 6.18 Å². The third-order valence-corrected chi connectivity index (χ3v) is 3.66. The van der Waals surface area contributed by atoms with Gasteiger partial charge in [0.05, 0.1) is 6.21 Å². The van der Waals surface area contributed by atoms with E-state index in [-0.39, 0.29) is 0 Å². The normalized spacial score (nSPS) is 11.7. The first-order chi connectivity index (χ1) is 13.3. The Bertz CT molecular complexity index is 1030. The molecule has 0 aliphatic carbocycles. The zero-order valence-corrected chi connectivity index (χ0v) is 14.4. The van der Waals surface area contributed by atoms with Gasteiger partial charge in [0.1, 0.15) is 12.4 Å². The smallest absolute Gasteiger partial charge is 0.433 e. The van der Waals surface area contributed by atoms with Crippen molar-refractivity contribution in [2.45, 2.75) is 12.8 Å². The molecule has 0 radical (unpaired) electrons. The molecule has 3 rings (SSSR count). The molecule has 3 aromatic rings. The number of anilines is 1. The van der Waals surface area contributed by atoms with Crippen LogP contribution in [0.2, 0.25) is 0 Å². The van der Waals surface area contributed by atoms with Gasteiger partial charge in [-0.15, -0.1) is 0 Å². The van der Waals surface area contributed by atoms with Crippen molar-refractivity contribution >= 4 is 12.2 Å². The molecule has 0 amide bonds.